The van der Waals surface area contributed by atoms with E-state index in [1.54, 1.807) is 63.4 Å². The summed E-state index contributed by atoms with van der Waals surface area (Å²) in [6, 6.07) is 19.1. The Morgan fingerprint density at radius 1 is 1.03 bits per heavy atom. The van der Waals surface area contributed by atoms with Crippen LogP contribution in [0.5, 0.6) is 17.4 Å². The van der Waals surface area contributed by atoms with E-state index >= 15 is 0 Å². The van der Waals surface area contributed by atoms with Gasteiger partial charge in [-0.2, -0.15) is 0 Å². The Morgan fingerprint density at radius 3 is 2.35 bits per heavy atom. The smallest absolute Gasteiger partial charge is 0.410 e. The van der Waals surface area contributed by atoms with E-state index in [9.17, 15) is 15.0 Å². The molecule has 9 heteroatoms. The Kier molecular flexibility index (Phi) is 9.71. The Bertz CT molecular complexity index is 1120. The highest BCUT2D eigenvalue weighted by Gasteiger charge is 2.30. The number of hydrogen-bond donors (Lipinski definition) is 3. The zero-order chi connectivity index (χ0) is 26.8. The molecule has 0 aliphatic rings. The first-order chi connectivity index (χ1) is 17.6. The summed E-state index contributed by atoms with van der Waals surface area (Å²) in [5, 5.41) is 20.8. The van der Waals surface area contributed by atoms with E-state index in [1.807, 2.05) is 30.3 Å². The molecule has 198 valence electrons. The molecule has 0 saturated carbocycles. The molecule has 1 unspecified atom stereocenters. The van der Waals surface area contributed by atoms with Crippen LogP contribution in [0.25, 0.3) is 0 Å². The summed E-state index contributed by atoms with van der Waals surface area (Å²) >= 11 is 0. The Labute approximate surface area is 217 Å². The number of nitrogens with zero attached hydrogens (tertiary/aromatic N) is 2. The van der Waals surface area contributed by atoms with Gasteiger partial charge in [0.1, 0.15) is 29.8 Å². The largest absolute Gasteiger partial charge is 0.491 e. The summed E-state index contributed by atoms with van der Waals surface area (Å²) in [5.41, 5.74) is 6.42. The van der Waals surface area contributed by atoms with E-state index < -0.39 is 23.8 Å². The second-order valence-corrected chi connectivity index (χ2v) is 9.59. The highest BCUT2D eigenvalue weighted by atomic mass is 16.6. The van der Waals surface area contributed by atoms with Crippen molar-refractivity contribution in [3.05, 3.63) is 78.5 Å². The maximum atomic E-state index is 13.1. The fourth-order valence-electron chi connectivity index (χ4n) is 3.52. The molecule has 3 rings (SSSR count). The lowest BCUT2D eigenvalue weighted by Crippen LogP contribution is -2.50. The summed E-state index contributed by atoms with van der Waals surface area (Å²) in [6.07, 6.45) is 0.294. The molecule has 37 heavy (non-hydrogen) atoms. The zero-order valence-corrected chi connectivity index (χ0v) is 21.4. The number of amides is 1. The number of anilines is 1. The minimum absolute atomic E-state index is 0.0237. The van der Waals surface area contributed by atoms with Gasteiger partial charge in [0.05, 0.1) is 24.9 Å². The van der Waals surface area contributed by atoms with Crippen LogP contribution in [0.3, 0.4) is 0 Å². The van der Waals surface area contributed by atoms with Gasteiger partial charge >= 0.3 is 6.09 Å². The van der Waals surface area contributed by atoms with Gasteiger partial charge in [0.25, 0.3) is 0 Å². The fourth-order valence-corrected chi connectivity index (χ4v) is 3.52. The van der Waals surface area contributed by atoms with E-state index in [4.69, 9.17) is 19.9 Å². The summed E-state index contributed by atoms with van der Waals surface area (Å²) in [4.78, 5) is 18.5. The number of aromatic nitrogens is 1. The van der Waals surface area contributed by atoms with Crippen LogP contribution in [-0.2, 0) is 11.2 Å². The van der Waals surface area contributed by atoms with E-state index in [0.717, 1.165) is 5.56 Å². The second-order valence-electron chi connectivity index (χ2n) is 9.59. The van der Waals surface area contributed by atoms with Crippen LogP contribution in [0.1, 0.15) is 26.3 Å². The third-order valence-electron chi connectivity index (χ3n) is 5.28. The van der Waals surface area contributed by atoms with Crippen molar-refractivity contribution < 1.29 is 29.2 Å². The van der Waals surface area contributed by atoms with Crippen LogP contribution >= 0.6 is 0 Å². The number of benzene rings is 2. The topological polar surface area (TPSA) is 127 Å². The molecular weight excluding hydrogens is 474 g/mol. The van der Waals surface area contributed by atoms with Gasteiger partial charge in [-0.3, -0.25) is 4.90 Å². The molecule has 0 bridgehead atoms. The van der Waals surface area contributed by atoms with Crippen molar-refractivity contribution in [3.63, 3.8) is 0 Å². The number of carbonyl (C=O) groups excluding carboxylic acids is 1. The number of pyridine rings is 1. The maximum Gasteiger partial charge on any atom is 0.410 e. The van der Waals surface area contributed by atoms with Gasteiger partial charge in [0.2, 0.25) is 5.88 Å². The van der Waals surface area contributed by atoms with Crippen LogP contribution in [0.15, 0.2) is 72.9 Å². The molecule has 1 heterocycles. The average Bonchev–Trinajstić information content (AvgIpc) is 2.87. The number of para-hydroxylation sites is 1. The Hall–Kier alpha value is -3.82. The van der Waals surface area contributed by atoms with Crippen LogP contribution in [0.4, 0.5) is 10.5 Å². The number of carbonyl (C=O) groups is 1. The van der Waals surface area contributed by atoms with E-state index in [2.05, 4.69) is 4.98 Å². The Morgan fingerprint density at radius 2 is 1.73 bits per heavy atom. The number of ether oxygens (including phenoxy) is 3. The number of rotatable bonds is 11. The molecule has 4 N–H and O–H groups in total. The SMILES string of the molecule is CC(C)(C)OC(=O)N(CC(O)COc1ccccc1)[C@H](CO)Cc1ccc(Oc2ncccc2N)cc1. The molecule has 0 aliphatic heterocycles. The van der Waals surface area contributed by atoms with Crippen molar-refractivity contribution in [2.45, 2.75) is 44.9 Å². The molecule has 1 aromatic heterocycles. The van der Waals surface area contributed by atoms with E-state index in [1.165, 1.54) is 4.90 Å². The van der Waals surface area contributed by atoms with Gasteiger partial charge in [-0.15, -0.1) is 0 Å². The molecule has 3 aromatic rings. The molecule has 9 nitrogen and oxygen atoms in total. The third-order valence-corrected chi connectivity index (χ3v) is 5.28. The lowest BCUT2D eigenvalue weighted by Gasteiger charge is -2.34. The molecule has 1 amide bonds. The number of hydrogen-bond acceptors (Lipinski definition) is 8. The predicted octanol–water partition coefficient (Wildman–Crippen LogP) is 4.04. The summed E-state index contributed by atoms with van der Waals surface area (Å²) in [5.74, 6) is 1.47. The summed E-state index contributed by atoms with van der Waals surface area (Å²) < 4.78 is 16.9. The molecule has 2 atom stereocenters. The molecule has 0 spiro atoms. The minimum Gasteiger partial charge on any atom is -0.491 e. The second kappa shape index (κ2) is 12.9. The van der Waals surface area contributed by atoms with Gasteiger partial charge < -0.3 is 30.2 Å². The molecule has 0 fully saturated rings. The van der Waals surface area contributed by atoms with Gasteiger partial charge in [-0.05, 0) is 69.2 Å². The van der Waals surface area contributed by atoms with Crippen molar-refractivity contribution >= 4 is 11.8 Å². The van der Waals surface area contributed by atoms with Gasteiger partial charge in [-0.25, -0.2) is 9.78 Å². The maximum absolute atomic E-state index is 13.1. The summed E-state index contributed by atoms with van der Waals surface area (Å²) in [7, 11) is 0. The zero-order valence-electron chi connectivity index (χ0n) is 21.4. The normalized spacial score (nSPS) is 12.9. The monoisotopic (exact) mass is 509 g/mol. The van der Waals surface area contributed by atoms with E-state index in [0.29, 0.717) is 29.5 Å². The number of nitrogens with two attached hydrogens (primary N) is 1. The van der Waals surface area contributed by atoms with Gasteiger partial charge in [0, 0.05) is 6.20 Å². The molecular formula is C28H35N3O6. The molecule has 0 saturated heterocycles. The first-order valence-electron chi connectivity index (χ1n) is 12.1. The van der Waals surface area contributed by atoms with Crippen molar-refractivity contribution in [1.29, 1.82) is 0 Å². The quantitative estimate of drug-likeness (QED) is 0.353. The van der Waals surface area contributed by atoms with Crippen molar-refractivity contribution in [1.82, 2.24) is 9.88 Å². The molecule has 2 aromatic carbocycles. The number of nitrogen functional groups attached to an aromatic ring is 1. The van der Waals surface area contributed by atoms with Crippen molar-refractivity contribution in [2.75, 3.05) is 25.5 Å². The first-order valence-corrected chi connectivity index (χ1v) is 12.1. The Balaban J connectivity index is 1.69. The lowest BCUT2D eigenvalue weighted by molar-refractivity contribution is -0.00891. The number of aliphatic hydroxyl groups excluding tert-OH is 2. The minimum atomic E-state index is -0.999. The fraction of sp³-hybridized carbons (Fsp3) is 0.357. The standard InChI is InChI=1S/C28H35N3O6/c1-28(2,3)37-27(34)31(17-22(33)19-35-23-8-5-4-6-9-23)21(18-32)16-20-11-13-24(14-12-20)36-26-25(29)10-7-15-30-26/h4-15,21-22,32-33H,16-19,29H2,1-3H3/t21-,22?/m0/s1. The summed E-state index contributed by atoms with van der Waals surface area (Å²) in [6.45, 7) is 4.86. The van der Waals surface area contributed by atoms with Gasteiger partial charge in [-0.1, -0.05) is 30.3 Å². The number of aliphatic hydroxyl groups is 2. The van der Waals surface area contributed by atoms with E-state index in [-0.39, 0.29) is 19.8 Å². The highest BCUT2D eigenvalue weighted by molar-refractivity contribution is 5.68. The third kappa shape index (κ3) is 8.96. The van der Waals surface area contributed by atoms with Crippen LogP contribution in [0, 0.1) is 0 Å². The highest BCUT2D eigenvalue weighted by Crippen LogP contribution is 2.25. The van der Waals surface area contributed by atoms with Crippen LogP contribution < -0.4 is 15.2 Å². The van der Waals surface area contributed by atoms with Crippen LogP contribution in [0.2, 0.25) is 0 Å². The van der Waals surface area contributed by atoms with Crippen LogP contribution in [-0.4, -0.2) is 63.7 Å². The van der Waals surface area contributed by atoms with Crippen molar-refractivity contribution in [3.8, 4) is 17.4 Å². The average molecular weight is 510 g/mol. The first kappa shape index (κ1) is 27.8. The molecule has 0 aliphatic carbocycles. The molecule has 0 radical (unpaired) electrons. The van der Waals surface area contributed by atoms with Crippen molar-refractivity contribution in [2.24, 2.45) is 0 Å². The predicted molar refractivity (Wildman–Crippen MR) is 141 cm³/mol. The lowest BCUT2D eigenvalue weighted by atomic mass is 10.0. The van der Waals surface area contributed by atoms with Gasteiger partial charge in [0.15, 0.2) is 0 Å².